The Morgan fingerprint density at radius 3 is 2.00 bits per heavy atom. The van der Waals surface area contributed by atoms with Gasteiger partial charge in [0.15, 0.2) is 11.5 Å². The van der Waals surface area contributed by atoms with Crippen LogP contribution in [0, 0.1) is 5.92 Å². The van der Waals surface area contributed by atoms with Gasteiger partial charge in [-0.15, -0.1) is 0 Å². The van der Waals surface area contributed by atoms with E-state index in [2.05, 4.69) is 0 Å². The van der Waals surface area contributed by atoms with Gasteiger partial charge < -0.3 is 23.8 Å². The van der Waals surface area contributed by atoms with Crippen molar-refractivity contribution in [1.29, 1.82) is 0 Å². The maximum atomic E-state index is 14.2. The molecule has 1 saturated heterocycles. The number of nitrogens with zero attached hydrogens (tertiary/aromatic N) is 1. The fraction of sp³-hybridized carbons (Fsp3) is 0.704. The van der Waals surface area contributed by atoms with Crippen LogP contribution in [0.25, 0.3) is 0 Å². The lowest BCUT2D eigenvalue weighted by Gasteiger charge is -2.40. The smallest absolute Gasteiger partial charge is 0.329 e. The zero-order valence-corrected chi connectivity index (χ0v) is 21.6. The van der Waals surface area contributed by atoms with Crippen molar-refractivity contribution in [3.8, 4) is 17.2 Å². The summed E-state index contributed by atoms with van der Waals surface area (Å²) in [6, 6.07) is 3.24. The first-order valence-corrected chi connectivity index (χ1v) is 12.5. The van der Waals surface area contributed by atoms with Crippen LogP contribution in [0.15, 0.2) is 12.1 Å². The Balaban J connectivity index is 2.02. The van der Waals surface area contributed by atoms with Crippen LogP contribution >= 0.6 is 0 Å². The van der Waals surface area contributed by atoms with Gasteiger partial charge in [0.05, 0.1) is 27.2 Å². The van der Waals surface area contributed by atoms with Crippen LogP contribution in [0.5, 0.6) is 17.2 Å². The van der Waals surface area contributed by atoms with E-state index in [9.17, 15) is 9.59 Å². The lowest BCUT2D eigenvalue weighted by Crippen LogP contribution is -2.52. The first-order valence-electron chi connectivity index (χ1n) is 12.5. The molecule has 0 spiro atoms. The summed E-state index contributed by atoms with van der Waals surface area (Å²) in [6.45, 7) is 6.15. The van der Waals surface area contributed by atoms with E-state index in [4.69, 9.17) is 18.9 Å². The minimum Gasteiger partial charge on any atom is -0.493 e. The number of hydrogen-bond acceptors (Lipinski definition) is 6. The first kappa shape index (κ1) is 26.2. The fourth-order valence-corrected chi connectivity index (χ4v) is 5.35. The Labute approximate surface area is 204 Å². The van der Waals surface area contributed by atoms with Crippen molar-refractivity contribution in [3.05, 3.63) is 17.7 Å². The van der Waals surface area contributed by atoms with Gasteiger partial charge in [0.1, 0.15) is 11.6 Å². The van der Waals surface area contributed by atoms with E-state index < -0.39 is 11.6 Å². The number of piperidine rings is 1. The molecule has 3 rings (SSSR count). The minimum absolute atomic E-state index is 0.00303. The normalized spacial score (nSPS) is 20.4. The standard InChI is InChI=1S/C27H41NO6/c1-27(2,3)34-26(30)20-14-10-11-15-28(20)25(29)23(18-12-8-7-9-13-18)19-16-21(31-4)24(33-6)22(17-19)32-5/h16-18,20,23H,7-15H2,1-6H3/t20-,23?/m0/s1. The minimum atomic E-state index is -0.595. The number of likely N-dealkylation sites (tertiary alicyclic amines) is 1. The van der Waals surface area contributed by atoms with Crippen molar-refractivity contribution < 1.29 is 28.5 Å². The number of esters is 1. The second-order valence-electron chi connectivity index (χ2n) is 10.4. The number of amides is 1. The molecule has 2 atom stereocenters. The van der Waals surface area contributed by atoms with Crippen LogP contribution in [0.2, 0.25) is 0 Å². The summed E-state index contributed by atoms with van der Waals surface area (Å²) in [5.41, 5.74) is 0.253. The summed E-state index contributed by atoms with van der Waals surface area (Å²) in [5, 5.41) is 0. The highest BCUT2D eigenvalue weighted by molar-refractivity contribution is 5.89. The molecule has 2 aliphatic rings. The second kappa shape index (κ2) is 11.3. The lowest BCUT2D eigenvalue weighted by molar-refractivity contribution is -0.167. The Morgan fingerprint density at radius 2 is 1.47 bits per heavy atom. The third kappa shape index (κ3) is 5.97. The summed E-state index contributed by atoms with van der Waals surface area (Å²) < 4.78 is 22.4. The molecule has 1 aliphatic heterocycles. The molecule has 1 unspecified atom stereocenters. The summed E-state index contributed by atoms with van der Waals surface area (Å²) >= 11 is 0. The average molecular weight is 476 g/mol. The predicted molar refractivity (Wildman–Crippen MR) is 131 cm³/mol. The lowest BCUT2D eigenvalue weighted by atomic mass is 9.75. The summed E-state index contributed by atoms with van der Waals surface area (Å²) in [5.74, 6) is 1.08. The summed E-state index contributed by atoms with van der Waals surface area (Å²) in [7, 11) is 4.74. The van der Waals surface area contributed by atoms with E-state index in [1.54, 1.807) is 26.2 Å². The number of ether oxygens (including phenoxy) is 4. The van der Waals surface area contributed by atoms with Crippen molar-refractivity contribution in [1.82, 2.24) is 4.90 Å². The average Bonchev–Trinajstić information content (AvgIpc) is 2.83. The molecule has 0 N–H and O–H groups in total. The van der Waals surface area contributed by atoms with Crippen molar-refractivity contribution in [2.45, 2.75) is 89.7 Å². The molecule has 1 saturated carbocycles. The monoisotopic (exact) mass is 475 g/mol. The topological polar surface area (TPSA) is 74.3 Å². The molecule has 1 amide bonds. The SMILES string of the molecule is COc1cc(C(C(=O)N2CCCC[C@H]2C(=O)OC(C)(C)C)C2CCCCC2)cc(OC)c1OC. The fourth-order valence-electron chi connectivity index (χ4n) is 5.35. The van der Waals surface area contributed by atoms with Crippen molar-refractivity contribution in [2.24, 2.45) is 5.92 Å². The van der Waals surface area contributed by atoms with Gasteiger partial charge in [0.2, 0.25) is 11.7 Å². The highest BCUT2D eigenvalue weighted by atomic mass is 16.6. The molecule has 0 bridgehead atoms. The van der Waals surface area contributed by atoms with Crippen LogP contribution in [-0.4, -0.2) is 56.3 Å². The number of hydrogen-bond donors (Lipinski definition) is 0. The Morgan fingerprint density at radius 1 is 0.882 bits per heavy atom. The number of benzene rings is 1. The first-order chi connectivity index (χ1) is 16.2. The molecule has 7 nitrogen and oxygen atoms in total. The summed E-state index contributed by atoms with van der Waals surface area (Å²) in [4.78, 5) is 29.1. The van der Waals surface area contributed by atoms with E-state index in [0.717, 1.165) is 44.1 Å². The molecule has 1 heterocycles. The van der Waals surface area contributed by atoms with Crippen LogP contribution in [0.4, 0.5) is 0 Å². The molecular weight excluding hydrogens is 434 g/mol. The predicted octanol–water partition coefficient (Wildman–Crippen LogP) is 5.10. The van der Waals surface area contributed by atoms with Crippen LogP contribution in [0.1, 0.15) is 83.6 Å². The van der Waals surface area contributed by atoms with Gasteiger partial charge in [-0.05, 0) is 76.5 Å². The Kier molecular flexibility index (Phi) is 8.72. The molecule has 0 aromatic heterocycles. The molecule has 0 radical (unpaired) electrons. The molecular formula is C27H41NO6. The van der Waals surface area contributed by atoms with Gasteiger partial charge in [-0.25, -0.2) is 4.79 Å². The third-order valence-corrected chi connectivity index (χ3v) is 6.90. The maximum Gasteiger partial charge on any atom is 0.329 e. The highest BCUT2D eigenvalue weighted by Gasteiger charge is 2.41. The molecule has 34 heavy (non-hydrogen) atoms. The number of methoxy groups -OCH3 is 3. The zero-order valence-electron chi connectivity index (χ0n) is 21.6. The quantitative estimate of drug-likeness (QED) is 0.511. The van der Waals surface area contributed by atoms with Gasteiger partial charge >= 0.3 is 5.97 Å². The molecule has 2 fully saturated rings. The number of rotatable bonds is 7. The van der Waals surface area contributed by atoms with Gasteiger partial charge in [0.25, 0.3) is 0 Å². The van der Waals surface area contributed by atoms with Crippen molar-refractivity contribution in [2.75, 3.05) is 27.9 Å². The van der Waals surface area contributed by atoms with Gasteiger partial charge in [-0.1, -0.05) is 19.3 Å². The Hall–Kier alpha value is -2.44. The molecule has 7 heteroatoms. The molecule has 1 aliphatic carbocycles. The maximum absolute atomic E-state index is 14.2. The molecule has 190 valence electrons. The van der Waals surface area contributed by atoms with Crippen molar-refractivity contribution in [3.63, 3.8) is 0 Å². The van der Waals surface area contributed by atoms with Gasteiger partial charge in [-0.2, -0.15) is 0 Å². The van der Waals surface area contributed by atoms with E-state index in [0.29, 0.717) is 30.2 Å². The van der Waals surface area contributed by atoms with Crippen LogP contribution in [0.3, 0.4) is 0 Å². The zero-order chi connectivity index (χ0) is 24.9. The van der Waals surface area contributed by atoms with E-state index in [1.165, 1.54) is 6.42 Å². The number of carbonyl (C=O) groups is 2. The van der Waals surface area contributed by atoms with E-state index in [1.807, 2.05) is 32.9 Å². The van der Waals surface area contributed by atoms with Crippen LogP contribution in [-0.2, 0) is 14.3 Å². The molecule has 1 aromatic carbocycles. The van der Waals surface area contributed by atoms with E-state index >= 15 is 0 Å². The highest BCUT2D eigenvalue weighted by Crippen LogP contribution is 2.45. The van der Waals surface area contributed by atoms with E-state index in [-0.39, 0.29) is 23.7 Å². The van der Waals surface area contributed by atoms with Crippen molar-refractivity contribution >= 4 is 11.9 Å². The van der Waals surface area contributed by atoms with Gasteiger partial charge in [0, 0.05) is 6.54 Å². The third-order valence-electron chi connectivity index (χ3n) is 6.90. The molecule has 1 aromatic rings. The Bertz CT molecular complexity index is 830. The second-order valence-corrected chi connectivity index (χ2v) is 10.4. The number of carbonyl (C=O) groups excluding carboxylic acids is 2. The largest absolute Gasteiger partial charge is 0.493 e. The summed E-state index contributed by atoms with van der Waals surface area (Å²) in [6.07, 6.45) is 7.80. The van der Waals surface area contributed by atoms with Crippen LogP contribution < -0.4 is 14.2 Å². The van der Waals surface area contributed by atoms with Gasteiger partial charge in [-0.3, -0.25) is 4.79 Å².